The van der Waals surface area contributed by atoms with Gasteiger partial charge in [0.25, 0.3) is 0 Å². The predicted octanol–water partition coefficient (Wildman–Crippen LogP) is 1.41. The summed E-state index contributed by atoms with van der Waals surface area (Å²) in [6, 6.07) is 2.33. The van der Waals surface area contributed by atoms with Gasteiger partial charge in [-0.1, -0.05) is 6.07 Å². The monoisotopic (exact) mass is 264 g/mol. The summed E-state index contributed by atoms with van der Waals surface area (Å²) in [7, 11) is 0. The Bertz CT molecular complexity index is 380. The predicted molar refractivity (Wildman–Crippen MR) is 48.4 cm³/mol. The summed E-state index contributed by atoms with van der Waals surface area (Å²) in [4.78, 5) is 10.3. The van der Waals surface area contributed by atoms with Crippen molar-refractivity contribution in [1.29, 1.82) is 0 Å². The highest BCUT2D eigenvalue weighted by Gasteiger charge is 2.22. The van der Waals surface area contributed by atoms with E-state index in [4.69, 9.17) is 15.3 Å². The molecule has 0 heterocycles. The minimum absolute atomic E-state index is 0.0938. The van der Waals surface area contributed by atoms with E-state index < -0.39 is 29.2 Å². The second kappa shape index (κ2) is 3.93. The molecule has 1 rings (SSSR count). The third-order valence-corrected chi connectivity index (χ3v) is 2.27. The van der Waals surface area contributed by atoms with E-state index in [9.17, 15) is 9.18 Å². The van der Waals surface area contributed by atoms with Gasteiger partial charge in [0.2, 0.25) is 0 Å². The molecular weight excluding hydrogens is 259 g/mol. The van der Waals surface area contributed by atoms with Gasteiger partial charge in [0.15, 0.2) is 17.7 Å². The minimum atomic E-state index is -1.98. The van der Waals surface area contributed by atoms with Gasteiger partial charge in [0, 0.05) is 5.56 Å². The number of halogens is 2. The fourth-order valence-corrected chi connectivity index (χ4v) is 1.21. The summed E-state index contributed by atoms with van der Waals surface area (Å²) in [5.74, 6) is -3.44. The molecule has 0 amide bonds. The van der Waals surface area contributed by atoms with Gasteiger partial charge in [-0.2, -0.15) is 0 Å². The summed E-state index contributed by atoms with van der Waals surface area (Å²) in [5.41, 5.74) is -0.474. The smallest absolute Gasteiger partial charge is 0.337 e. The molecule has 0 aliphatic heterocycles. The second-order valence-corrected chi connectivity index (χ2v) is 3.39. The molecule has 0 saturated carbocycles. The normalized spacial score (nSPS) is 12.5. The maximum absolute atomic E-state index is 13.2. The van der Waals surface area contributed by atoms with Crippen LogP contribution in [0.25, 0.3) is 0 Å². The van der Waals surface area contributed by atoms with Gasteiger partial charge >= 0.3 is 5.97 Å². The molecule has 3 N–H and O–H groups in total. The fraction of sp³-hybridized carbons (Fsp3) is 0.125. The molecule has 0 fully saturated rings. The van der Waals surface area contributed by atoms with Crippen LogP contribution in [0.5, 0.6) is 5.75 Å². The van der Waals surface area contributed by atoms with E-state index >= 15 is 0 Å². The number of aliphatic carboxylic acids is 1. The Hall–Kier alpha value is -1.14. The van der Waals surface area contributed by atoms with Crippen LogP contribution in [0, 0.1) is 5.82 Å². The molecule has 1 unspecified atom stereocenters. The van der Waals surface area contributed by atoms with Crippen LogP contribution in [0.15, 0.2) is 16.6 Å². The van der Waals surface area contributed by atoms with Gasteiger partial charge < -0.3 is 15.3 Å². The van der Waals surface area contributed by atoms with Crippen LogP contribution < -0.4 is 0 Å². The lowest BCUT2D eigenvalue weighted by atomic mass is 10.1. The largest absolute Gasteiger partial charge is 0.504 e. The van der Waals surface area contributed by atoms with E-state index in [0.717, 1.165) is 6.07 Å². The maximum atomic E-state index is 13.2. The van der Waals surface area contributed by atoms with Crippen LogP contribution in [0.2, 0.25) is 0 Å². The SMILES string of the molecule is O=C(O)C(O)c1ccc(Br)c(O)c1F. The highest BCUT2D eigenvalue weighted by atomic mass is 79.9. The molecule has 1 atom stereocenters. The van der Waals surface area contributed by atoms with E-state index in [1.54, 1.807) is 0 Å². The van der Waals surface area contributed by atoms with Crippen molar-refractivity contribution in [3.05, 3.63) is 28.0 Å². The lowest BCUT2D eigenvalue weighted by Gasteiger charge is -2.08. The Labute approximate surface area is 86.7 Å². The van der Waals surface area contributed by atoms with Crippen LogP contribution in [0.1, 0.15) is 11.7 Å². The molecule has 0 bridgehead atoms. The lowest BCUT2D eigenvalue weighted by molar-refractivity contribution is -0.147. The van der Waals surface area contributed by atoms with E-state index in [1.807, 2.05) is 0 Å². The van der Waals surface area contributed by atoms with Crippen molar-refractivity contribution >= 4 is 21.9 Å². The number of phenols is 1. The molecule has 6 heteroatoms. The number of carboxylic acids is 1. The van der Waals surface area contributed by atoms with Crippen molar-refractivity contribution in [1.82, 2.24) is 0 Å². The summed E-state index contributed by atoms with van der Waals surface area (Å²) in [6.45, 7) is 0. The van der Waals surface area contributed by atoms with Crippen molar-refractivity contribution < 1.29 is 24.5 Å². The summed E-state index contributed by atoms with van der Waals surface area (Å²) in [5, 5.41) is 26.5. The first kappa shape index (κ1) is 10.9. The molecule has 1 aromatic carbocycles. The molecular formula is C8H6BrFO4. The number of rotatable bonds is 2. The molecule has 1 aromatic rings. The minimum Gasteiger partial charge on any atom is -0.504 e. The number of aliphatic hydroxyl groups excluding tert-OH is 1. The summed E-state index contributed by atoms with van der Waals surface area (Å²) >= 11 is 2.85. The third-order valence-electron chi connectivity index (χ3n) is 1.63. The van der Waals surface area contributed by atoms with Crippen LogP contribution in [-0.4, -0.2) is 21.3 Å². The molecule has 0 aromatic heterocycles. The number of hydrogen-bond donors (Lipinski definition) is 3. The van der Waals surface area contributed by atoms with E-state index in [0.29, 0.717) is 0 Å². The van der Waals surface area contributed by atoms with Crippen LogP contribution in [-0.2, 0) is 4.79 Å². The number of aliphatic hydroxyl groups is 1. The molecule has 14 heavy (non-hydrogen) atoms. The zero-order valence-corrected chi connectivity index (χ0v) is 8.32. The van der Waals surface area contributed by atoms with Crippen molar-refractivity contribution in [2.45, 2.75) is 6.10 Å². The quantitative estimate of drug-likeness (QED) is 0.755. The Morgan fingerprint density at radius 3 is 2.57 bits per heavy atom. The van der Waals surface area contributed by atoms with Gasteiger partial charge in [-0.25, -0.2) is 9.18 Å². The topological polar surface area (TPSA) is 77.8 Å². The first-order chi connectivity index (χ1) is 6.45. The molecule has 0 radical (unpaired) electrons. The third kappa shape index (κ3) is 1.85. The Balaban J connectivity index is 3.24. The fourth-order valence-electron chi connectivity index (χ4n) is 0.901. The van der Waals surface area contributed by atoms with Gasteiger partial charge in [-0.05, 0) is 22.0 Å². The number of aromatic hydroxyl groups is 1. The average Bonchev–Trinajstić information content (AvgIpc) is 2.13. The molecule has 0 saturated heterocycles. The van der Waals surface area contributed by atoms with Crippen molar-refractivity contribution in [3.63, 3.8) is 0 Å². The Kier molecular flexibility index (Phi) is 3.07. The van der Waals surface area contributed by atoms with Crippen LogP contribution >= 0.6 is 15.9 Å². The maximum Gasteiger partial charge on any atom is 0.337 e. The standard InChI is InChI=1S/C8H6BrFO4/c9-4-2-1-3(5(10)7(4)12)6(11)8(13)14/h1-2,6,11-12H,(H,13,14). The Morgan fingerprint density at radius 2 is 2.07 bits per heavy atom. The van der Waals surface area contributed by atoms with Gasteiger partial charge in [-0.3, -0.25) is 0 Å². The second-order valence-electron chi connectivity index (χ2n) is 2.54. The van der Waals surface area contributed by atoms with Crippen LogP contribution in [0.3, 0.4) is 0 Å². The van der Waals surface area contributed by atoms with Gasteiger partial charge in [0.05, 0.1) is 4.47 Å². The average molecular weight is 265 g/mol. The van der Waals surface area contributed by atoms with Gasteiger partial charge in [-0.15, -0.1) is 0 Å². The Morgan fingerprint density at radius 1 is 1.50 bits per heavy atom. The van der Waals surface area contributed by atoms with Crippen molar-refractivity contribution in [3.8, 4) is 5.75 Å². The summed E-state index contributed by atoms with van der Waals surface area (Å²) < 4.78 is 13.3. The molecule has 0 aliphatic rings. The molecule has 0 spiro atoms. The number of carbonyl (C=O) groups is 1. The highest BCUT2D eigenvalue weighted by molar-refractivity contribution is 9.10. The van der Waals surface area contributed by atoms with Crippen molar-refractivity contribution in [2.24, 2.45) is 0 Å². The molecule has 0 aliphatic carbocycles. The zero-order chi connectivity index (χ0) is 10.9. The number of carboxylic acid groups (broad SMARTS) is 1. The first-order valence-corrected chi connectivity index (χ1v) is 4.32. The number of phenolic OH excluding ortho intramolecular Hbond substituents is 1. The molecule has 76 valence electrons. The van der Waals surface area contributed by atoms with Gasteiger partial charge in [0.1, 0.15) is 0 Å². The molecule has 4 nitrogen and oxygen atoms in total. The number of hydrogen-bond acceptors (Lipinski definition) is 3. The van der Waals surface area contributed by atoms with Crippen molar-refractivity contribution in [2.75, 3.05) is 0 Å². The zero-order valence-electron chi connectivity index (χ0n) is 6.74. The van der Waals surface area contributed by atoms with E-state index in [2.05, 4.69) is 15.9 Å². The van der Waals surface area contributed by atoms with Crippen LogP contribution in [0.4, 0.5) is 4.39 Å². The lowest BCUT2D eigenvalue weighted by Crippen LogP contribution is -2.12. The van der Waals surface area contributed by atoms with E-state index in [-0.39, 0.29) is 4.47 Å². The van der Waals surface area contributed by atoms with E-state index in [1.165, 1.54) is 6.07 Å². The first-order valence-electron chi connectivity index (χ1n) is 3.53. The summed E-state index contributed by atoms with van der Waals surface area (Å²) in [6.07, 6.45) is -1.98. The highest BCUT2D eigenvalue weighted by Crippen LogP contribution is 2.31. The number of benzene rings is 1.